The first kappa shape index (κ1) is 29.6. The topological polar surface area (TPSA) is 106 Å². The van der Waals surface area contributed by atoms with Crippen molar-refractivity contribution >= 4 is 23.6 Å². The minimum atomic E-state index is -4.76. The van der Waals surface area contributed by atoms with Gasteiger partial charge in [0.2, 0.25) is 5.54 Å². The fourth-order valence-corrected chi connectivity index (χ4v) is 4.95. The molecule has 2 N–H and O–H groups in total. The van der Waals surface area contributed by atoms with E-state index in [0.29, 0.717) is 12.8 Å². The standard InChI is InChI=1S/C29H26F5N5O4/c1-3-11-28(27(40)41,38-16-35-26-23(38)10-12-39(36-26)22-7-5-6-20(30)25(22)31)24-15-21(37-43-24)18-9-8-17(42-13-4-2)14-19(18)29(32,33)34/h5-10,12,14-16,36H,3-4,11,13H2,1-2H3,(H,40,41). The van der Waals surface area contributed by atoms with Gasteiger partial charge in [0.15, 0.2) is 23.2 Å². The van der Waals surface area contributed by atoms with E-state index in [-0.39, 0.29) is 53.0 Å². The third kappa shape index (κ3) is 5.28. The molecule has 1 aliphatic heterocycles. The van der Waals surface area contributed by atoms with E-state index in [4.69, 9.17) is 9.26 Å². The van der Waals surface area contributed by atoms with Crippen LogP contribution in [-0.4, -0.2) is 32.4 Å². The number of nitrogens with one attached hydrogen (secondary N) is 1. The molecule has 14 heteroatoms. The number of hydrogen-bond acceptors (Lipinski definition) is 7. The van der Waals surface area contributed by atoms with Crippen LogP contribution in [0, 0.1) is 11.6 Å². The Morgan fingerprint density at radius 3 is 2.60 bits per heavy atom. The Labute approximate surface area is 242 Å². The second-order valence-electron chi connectivity index (χ2n) is 9.76. The fraction of sp³-hybridized carbons (Fsp3) is 0.276. The van der Waals surface area contributed by atoms with Crippen molar-refractivity contribution in [3.8, 4) is 17.0 Å². The molecule has 226 valence electrons. The summed E-state index contributed by atoms with van der Waals surface area (Å²) in [6.45, 7) is 3.79. The van der Waals surface area contributed by atoms with E-state index in [0.717, 1.165) is 12.1 Å². The van der Waals surface area contributed by atoms with Gasteiger partial charge in [-0.05, 0) is 49.2 Å². The van der Waals surface area contributed by atoms with Crippen LogP contribution >= 0.6 is 0 Å². The fourth-order valence-electron chi connectivity index (χ4n) is 4.95. The molecule has 43 heavy (non-hydrogen) atoms. The van der Waals surface area contributed by atoms with Crippen molar-refractivity contribution in [3.63, 3.8) is 0 Å². The number of nitrogens with zero attached hydrogens (tertiary/aromatic N) is 4. The lowest BCUT2D eigenvalue weighted by Gasteiger charge is -2.31. The molecule has 0 aliphatic carbocycles. The molecule has 2 aromatic heterocycles. The van der Waals surface area contributed by atoms with Gasteiger partial charge in [-0.2, -0.15) is 13.2 Å². The van der Waals surface area contributed by atoms with Crippen LogP contribution in [0.4, 0.5) is 33.5 Å². The smallest absolute Gasteiger partial charge is 0.417 e. The lowest BCUT2D eigenvalue weighted by Crippen LogP contribution is -2.43. The van der Waals surface area contributed by atoms with Crippen molar-refractivity contribution in [2.45, 2.75) is 44.8 Å². The molecule has 5 rings (SSSR count). The Hall–Kier alpha value is -4.88. The molecule has 1 unspecified atom stereocenters. The molecule has 1 atom stereocenters. The minimum absolute atomic E-state index is 0.0315. The molecule has 0 fully saturated rings. The number of imidazole rings is 1. The molecule has 0 spiro atoms. The molecule has 0 radical (unpaired) electrons. The van der Waals surface area contributed by atoms with Gasteiger partial charge in [-0.15, -0.1) is 0 Å². The van der Waals surface area contributed by atoms with Gasteiger partial charge < -0.3 is 18.9 Å². The first-order valence-corrected chi connectivity index (χ1v) is 13.3. The predicted octanol–water partition coefficient (Wildman–Crippen LogP) is 7.07. The lowest BCUT2D eigenvalue weighted by atomic mass is 9.89. The van der Waals surface area contributed by atoms with E-state index in [1.807, 2.05) is 6.92 Å². The first-order valence-electron chi connectivity index (χ1n) is 13.3. The predicted molar refractivity (Wildman–Crippen MR) is 146 cm³/mol. The van der Waals surface area contributed by atoms with Gasteiger partial charge in [0.05, 0.1) is 24.2 Å². The van der Waals surface area contributed by atoms with E-state index < -0.39 is 34.9 Å². The van der Waals surface area contributed by atoms with Crippen LogP contribution in [0.25, 0.3) is 17.3 Å². The summed E-state index contributed by atoms with van der Waals surface area (Å²) in [7, 11) is 0. The molecule has 1 aliphatic rings. The maximum atomic E-state index is 14.4. The van der Waals surface area contributed by atoms with Crippen molar-refractivity contribution in [2.24, 2.45) is 0 Å². The highest BCUT2D eigenvalue weighted by molar-refractivity contribution is 5.83. The van der Waals surface area contributed by atoms with Crippen LogP contribution < -0.4 is 15.2 Å². The van der Waals surface area contributed by atoms with Gasteiger partial charge in [-0.25, -0.2) is 18.6 Å². The third-order valence-electron chi connectivity index (χ3n) is 6.94. The van der Waals surface area contributed by atoms with E-state index in [9.17, 15) is 31.9 Å². The first-order chi connectivity index (χ1) is 20.5. The molecule has 0 amide bonds. The molecule has 3 heterocycles. The highest BCUT2D eigenvalue weighted by atomic mass is 19.4. The second kappa shape index (κ2) is 11.4. The van der Waals surface area contributed by atoms with Crippen LogP contribution in [0.15, 0.2) is 59.5 Å². The number of rotatable bonds is 10. The number of carboxylic acid groups (broad SMARTS) is 1. The number of aliphatic carboxylic acids is 1. The number of hydrazine groups is 1. The summed E-state index contributed by atoms with van der Waals surface area (Å²) in [6, 6.07) is 8.24. The highest BCUT2D eigenvalue weighted by Gasteiger charge is 2.48. The number of ether oxygens (including phenoxy) is 1. The average molecular weight is 604 g/mol. The Balaban J connectivity index is 1.57. The van der Waals surface area contributed by atoms with Gasteiger partial charge >= 0.3 is 12.1 Å². The molecular formula is C29H26F5N5O4. The van der Waals surface area contributed by atoms with Crippen LogP contribution in [0.2, 0.25) is 0 Å². The number of fused-ring (bicyclic) bond motifs is 1. The van der Waals surface area contributed by atoms with Crippen molar-refractivity contribution in [1.82, 2.24) is 14.7 Å². The van der Waals surface area contributed by atoms with Crippen LogP contribution in [-0.2, 0) is 16.5 Å². The Kier molecular flexibility index (Phi) is 7.86. The summed E-state index contributed by atoms with van der Waals surface area (Å²) in [6.07, 6.45) is 0.148. The summed E-state index contributed by atoms with van der Waals surface area (Å²) in [5, 5.41) is 15.6. The number of anilines is 2. The monoisotopic (exact) mass is 603 g/mol. The summed E-state index contributed by atoms with van der Waals surface area (Å²) < 4.78 is 82.5. The number of benzene rings is 2. The van der Waals surface area contributed by atoms with E-state index in [1.54, 1.807) is 6.92 Å². The number of alkyl halides is 3. The van der Waals surface area contributed by atoms with Crippen molar-refractivity contribution < 1.29 is 41.1 Å². The zero-order valence-corrected chi connectivity index (χ0v) is 23.0. The van der Waals surface area contributed by atoms with E-state index in [2.05, 4.69) is 15.6 Å². The summed E-state index contributed by atoms with van der Waals surface area (Å²) >= 11 is 0. The largest absolute Gasteiger partial charge is 0.494 e. The van der Waals surface area contributed by atoms with E-state index >= 15 is 0 Å². The Morgan fingerprint density at radius 2 is 1.91 bits per heavy atom. The minimum Gasteiger partial charge on any atom is -0.494 e. The Morgan fingerprint density at radius 1 is 1.12 bits per heavy atom. The van der Waals surface area contributed by atoms with Crippen molar-refractivity contribution in [3.05, 3.63) is 83.6 Å². The van der Waals surface area contributed by atoms with Crippen LogP contribution in [0.1, 0.15) is 50.1 Å². The zero-order chi connectivity index (χ0) is 30.9. The molecule has 9 nitrogen and oxygen atoms in total. The SMILES string of the molecule is CCCOc1ccc(-c2cc(C(CCC)(C(=O)O)n3cnc4c3C=CN(c3cccc(F)c3F)N4)on2)c(C(F)(F)F)c1. The van der Waals surface area contributed by atoms with Crippen LogP contribution in [0.3, 0.4) is 0 Å². The summed E-state index contributed by atoms with van der Waals surface area (Å²) in [5.74, 6) is -3.62. The average Bonchev–Trinajstić information content (AvgIpc) is 3.63. The molecule has 0 saturated carbocycles. The highest BCUT2D eigenvalue weighted by Crippen LogP contribution is 2.42. The maximum Gasteiger partial charge on any atom is 0.417 e. The van der Waals surface area contributed by atoms with Gasteiger partial charge in [0, 0.05) is 17.8 Å². The molecule has 4 aromatic rings. The number of aromatic nitrogens is 3. The maximum absolute atomic E-state index is 14.4. The summed E-state index contributed by atoms with van der Waals surface area (Å²) in [4.78, 5) is 17.2. The molecular weight excluding hydrogens is 577 g/mol. The second-order valence-corrected chi connectivity index (χ2v) is 9.76. The lowest BCUT2D eigenvalue weighted by molar-refractivity contribution is -0.146. The van der Waals surface area contributed by atoms with Crippen LogP contribution in [0.5, 0.6) is 5.75 Å². The summed E-state index contributed by atoms with van der Waals surface area (Å²) in [5.41, 5.74) is -0.606. The normalized spacial score (nSPS) is 14.3. The van der Waals surface area contributed by atoms with Gasteiger partial charge in [0.25, 0.3) is 0 Å². The number of hydrogen-bond donors (Lipinski definition) is 2. The molecule has 2 aromatic carbocycles. The van der Waals surface area contributed by atoms with Gasteiger partial charge in [-0.1, -0.05) is 31.5 Å². The quantitative estimate of drug-likeness (QED) is 0.186. The van der Waals surface area contributed by atoms with Gasteiger partial charge in [-0.3, -0.25) is 10.4 Å². The van der Waals surface area contributed by atoms with Crippen molar-refractivity contribution in [2.75, 3.05) is 17.0 Å². The van der Waals surface area contributed by atoms with Gasteiger partial charge in [0.1, 0.15) is 17.1 Å². The van der Waals surface area contributed by atoms with E-state index in [1.165, 1.54) is 58.5 Å². The molecule has 0 bridgehead atoms. The number of carbonyl (C=O) groups is 1. The van der Waals surface area contributed by atoms with Crippen molar-refractivity contribution in [1.29, 1.82) is 0 Å². The number of carboxylic acids is 1. The third-order valence-corrected chi connectivity index (χ3v) is 6.94. The number of halogens is 5. The molecule has 0 saturated heterocycles. The zero-order valence-electron chi connectivity index (χ0n) is 23.0. The Bertz CT molecular complexity index is 1680.